The minimum Gasteiger partial charge on any atom is -0.344 e. The molecule has 11 heavy (non-hydrogen) atoms. The second-order valence-electron chi connectivity index (χ2n) is 3.21. The van der Waals surface area contributed by atoms with Crippen LogP contribution in [0.1, 0.15) is 13.8 Å². The van der Waals surface area contributed by atoms with Crippen molar-refractivity contribution in [3.63, 3.8) is 0 Å². The summed E-state index contributed by atoms with van der Waals surface area (Å²) in [6, 6.07) is 0.420. The lowest BCUT2D eigenvalue weighted by atomic mass is 10.3. The number of amides is 1. The van der Waals surface area contributed by atoms with Crippen molar-refractivity contribution in [1.82, 2.24) is 9.80 Å². The minimum atomic E-state index is 0.124. The van der Waals surface area contributed by atoms with E-state index in [0.717, 1.165) is 6.54 Å². The maximum Gasteiger partial charge on any atom is 0.219 e. The van der Waals surface area contributed by atoms with Gasteiger partial charge in [0.25, 0.3) is 0 Å². The predicted molar refractivity (Wildman–Crippen MR) is 46.5 cm³/mol. The van der Waals surface area contributed by atoms with Crippen LogP contribution < -0.4 is 0 Å². The molecule has 66 valence electrons. The second-order valence-corrected chi connectivity index (χ2v) is 3.21. The summed E-state index contributed by atoms with van der Waals surface area (Å²) in [7, 11) is 5.85. The summed E-state index contributed by atoms with van der Waals surface area (Å²) in [5.74, 6) is 0.124. The zero-order valence-corrected chi connectivity index (χ0v) is 8.09. The van der Waals surface area contributed by atoms with Gasteiger partial charge >= 0.3 is 0 Å². The van der Waals surface area contributed by atoms with E-state index in [0.29, 0.717) is 6.04 Å². The van der Waals surface area contributed by atoms with E-state index in [-0.39, 0.29) is 5.91 Å². The van der Waals surface area contributed by atoms with Gasteiger partial charge in [-0.05, 0) is 21.0 Å². The predicted octanol–water partition coefficient (Wildman–Crippen LogP) is 0.415. The van der Waals surface area contributed by atoms with Gasteiger partial charge in [0.15, 0.2) is 0 Å². The first kappa shape index (κ1) is 10.4. The molecule has 0 radical (unpaired) electrons. The van der Waals surface area contributed by atoms with Crippen molar-refractivity contribution in [3.8, 4) is 0 Å². The Labute approximate surface area is 69.0 Å². The van der Waals surface area contributed by atoms with Gasteiger partial charge in [-0.3, -0.25) is 4.79 Å². The molecule has 0 fully saturated rings. The first-order valence-corrected chi connectivity index (χ1v) is 3.83. The fraction of sp³-hybridized carbons (Fsp3) is 0.875. The van der Waals surface area contributed by atoms with E-state index in [4.69, 9.17) is 0 Å². The summed E-state index contributed by atoms with van der Waals surface area (Å²) in [5, 5.41) is 0. The van der Waals surface area contributed by atoms with Crippen LogP contribution in [0.4, 0.5) is 0 Å². The molecule has 0 aromatic carbocycles. The van der Waals surface area contributed by atoms with E-state index < -0.39 is 0 Å². The Morgan fingerprint density at radius 2 is 1.82 bits per heavy atom. The molecule has 3 heteroatoms. The standard InChI is InChI=1S/C8H18N2O/c1-7(9(3)4)6-10(5)8(2)11/h7H,6H2,1-5H3/t7-/m1/s1. The molecule has 0 N–H and O–H groups in total. The van der Waals surface area contributed by atoms with Crippen LogP contribution >= 0.6 is 0 Å². The van der Waals surface area contributed by atoms with Crippen molar-refractivity contribution in [1.29, 1.82) is 0 Å². The molecule has 0 aliphatic heterocycles. The van der Waals surface area contributed by atoms with Gasteiger partial charge in [0, 0.05) is 26.6 Å². The van der Waals surface area contributed by atoms with E-state index in [1.54, 1.807) is 11.8 Å². The van der Waals surface area contributed by atoms with Gasteiger partial charge in [-0.1, -0.05) is 0 Å². The number of likely N-dealkylation sites (N-methyl/N-ethyl adjacent to an activating group) is 2. The van der Waals surface area contributed by atoms with E-state index in [9.17, 15) is 4.79 Å². The van der Waals surface area contributed by atoms with Crippen molar-refractivity contribution < 1.29 is 4.79 Å². The average Bonchev–Trinajstić information content (AvgIpc) is 1.87. The van der Waals surface area contributed by atoms with Crippen LogP contribution in [-0.4, -0.2) is 49.4 Å². The number of nitrogens with zero attached hydrogens (tertiary/aromatic N) is 2. The average molecular weight is 158 g/mol. The van der Waals surface area contributed by atoms with Crippen molar-refractivity contribution >= 4 is 5.91 Å². The van der Waals surface area contributed by atoms with Crippen LogP contribution in [0.3, 0.4) is 0 Å². The molecular formula is C8H18N2O. The Bertz CT molecular complexity index is 134. The molecule has 0 bridgehead atoms. The Morgan fingerprint density at radius 3 is 2.09 bits per heavy atom. The highest BCUT2D eigenvalue weighted by Crippen LogP contribution is 1.94. The first-order valence-electron chi connectivity index (χ1n) is 3.83. The number of carbonyl (C=O) groups excluding carboxylic acids is 1. The van der Waals surface area contributed by atoms with Gasteiger partial charge in [0.05, 0.1) is 0 Å². The molecule has 0 aliphatic carbocycles. The van der Waals surface area contributed by atoms with E-state index >= 15 is 0 Å². The van der Waals surface area contributed by atoms with Crippen molar-refractivity contribution in [2.24, 2.45) is 0 Å². The van der Waals surface area contributed by atoms with Crippen molar-refractivity contribution in [2.45, 2.75) is 19.9 Å². The van der Waals surface area contributed by atoms with Gasteiger partial charge in [0.2, 0.25) is 5.91 Å². The molecule has 0 aromatic heterocycles. The molecular weight excluding hydrogens is 140 g/mol. The van der Waals surface area contributed by atoms with Gasteiger partial charge < -0.3 is 9.80 Å². The van der Waals surface area contributed by atoms with Crippen LogP contribution in [0.5, 0.6) is 0 Å². The van der Waals surface area contributed by atoms with E-state index in [1.165, 1.54) is 0 Å². The fourth-order valence-electron chi connectivity index (χ4n) is 0.688. The third-order valence-corrected chi connectivity index (χ3v) is 1.96. The molecule has 0 rings (SSSR count). The van der Waals surface area contributed by atoms with Gasteiger partial charge in [-0.25, -0.2) is 0 Å². The molecule has 0 unspecified atom stereocenters. The van der Waals surface area contributed by atoms with Crippen LogP contribution in [0.15, 0.2) is 0 Å². The van der Waals surface area contributed by atoms with Gasteiger partial charge in [-0.2, -0.15) is 0 Å². The summed E-state index contributed by atoms with van der Waals surface area (Å²) in [4.78, 5) is 14.6. The lowest BCUT2D eigenvalue weighted by Crippen LogP contribution is -2.38. The lowest BCUT2D eigenvalue weighted by Gasteiger charge is -2.25. The van der Waals surface area contributed by atoms with E-state index in [2.05, 4.69) is 11.8 Å². The van der Waals surface area contributed by atoms with Gasteiger partial charge in [-0.15, -0.1) is 0 Å². The highest BCUT2D eigenvalue weighted by atomic mass is 16.2. The lowest BCUT2D eigenvalue weighted by molar-refractivity contribution is -0.128. The SMILES string of the molecule is CC(=O)N(C)C[C@@H](C)N(C)C. The Kier molecular flexibility index (Phi) is 4.11. The fourth-order valence-corrected chi connectivity index (χ4v) is 0.688. The van der Waals surface area contributed by atoms with Crippen LogP contribution in [0.25, 0.3) is 0 Å². The molecule has 1 atom stereocenters. The summed E-state index contributed by atoms with van der Waals surface area (Å²) in [6.45, 7) is 4.48. The zero-order chi connectivity index (χ0) is 9.02. The summed E-state index contributed by atoms with van der Waals surface area (Å²) in [6.07, 6.45) is 0. The first-order chi connectivity index (χ1) is 4.95. The number of hydrogen-bond acceptors (Lipinski definition) is 2. The molecule has 0 spiro atoms. The maximum absolute atomic E-state index is 10.8. The number of carbonyl (C=O) groups is 1. The zero-order valence-electron chi connectivity index (χ0n) is 8.09. The van der Waals surface area contributed by atoms with Crippen LogP contribution in [-0.2, 0) is 4.79 Å². The molecule has 0 saturated heterocycles. The van der Waals surface area contributed by atoms with Crippen molar-refractivity contribution in [3.05, 3.63) is 0 Å². The molecule has 0 aromatic rings. The monoisotopic (exact) mass is 158 g/mol. The normalized spacial score (nSPS) is 13.3. The van der Waals surface area contributed by atoms with Crippen LogP contribution in [0.2, 0.25) is 0 Å². The molecule has 0 saturated carbocycles. The van der Waals surface area contributed by atoms with Crippen molar-refractivity contribution in [2.75, 3.05) is 27.7 Å². The molecule has 0 aliphatic rings. The summed E-state index contributed by atoms with van der Waals surface area (Å²) < 4.78 is 0. The third-order valence-electron chi connectivity index (χ3n) is 1.96. The Morgan fingerprint density at radius 1 is 1.36 bits per heavy atom. The smallest absolute Gasteiger partial charge is 0.219 e. The largest absolute Gasteiger partial charge is 0.344 e. The maximum atomic E-state index is 10.8. The van der Waals surface area contributed by atoms with Gasteiger partial charge in [0.1, 0.15) is 0 Å². The minimum absolute atomic E-state index is 0.124. The topological polar surface area (TPSA) is 23.6 Å². The summed E-state index contributed by atoms with van der Waals surface area (Å²) in [5.41, 5.74) is 0. The van der Waals surface area contributed by atoms with E-state index in [1.807, 2.05) is 21.1 Å². The number of hydrogen-bond donors (Lipinski definition) is 0. The number of rotatable bonds is 3. The Balaban J connectivity index is 3.75. The quantitative estimate of drug-likeness (QED) is 0.594. The highest BCUT2D eigenvalue weighted by molar-refractivity contribution is 5.72. The molecule has 3 nitrogen and oxygen atoms in total. The Hall–Kier alpha value is -0.570. The third kappa shape index (κ3) is 3.98. The molecule has 1 amide bonds. The molecule has 0 heterocycles. The summed E-state index contributed by atoms with van der Waals surface area (Å²) >= 11 is 0. The van der Waals surface area contributed by atoms with Crippen LogP contribution in [0, 0.1) is 0 Å². The second kappa shape index (κ2) is 4.34. The highest BCUT2D eigenvalue weighted by Gasteiger charge is 2.09.